The summed E-state index contributed by atoms with van der Waals surface area (Å²) in [5, 5.41) is 14.9. The van der Waals surface area contributed by atoms with E-state index in [9.17, 15) is 19.5 Å². The van der Waals surface area contributed by atoms with Crippen LogP contribution >= 0.6 is 36.0 Å². The molecule has 2 amide bonds. The number of aromatic nitrogens is 2. The highest BCUT2D eigenvalue weighted by atomic mass is 35.5. The molecule has 2 heterocycles. The molecule has 5 N–H and O–H groups in total. The molecule has 1 aromatic heterocycles. The Labute approximate surface area is 168 Å². The van der Waals surface area contributed by atoms with Crippen molar-refractivity contribution in [2.24, 2.45) is 0 Å². The first-order chi connectivity index (χ1) is 12.8. The Bertz CT molecular complexity index is 1060. The van der Waals surface area contributed by atoms with Crippen LogP contribution in [-0.4, -0.2) is 32.0 Å². The summed E-state index contributed by atoms with van der Waals surface area (Å²) in [5.41, 5.74) is 0.486. The molecule has 1 fully saturated rings. The van der Waals surface area contributed by atoms with Crippen LogP contribution < -0.4 is 16.2 Å². The minimum atomic E-state index is -0.610. The third-order valence-electron chi connectivity index (χ3n) is 4.00. The zero-order valence-corrected chi connectivity index (χ0v) is 16.0. The number of nitrogens with one attached hydrogen (secondary N) is 4. The fourth-order valence-electron chi connectivity index (χ4n) is 2.74. The molecular weight excluding hydrogens is 412 g/mol. The number of carbonyl (C=O) groups is 2. The van der Waals surface area contributed by atoms with E-state index in [-0.39, 0.29) is 26.9 Å². The molecule has 3 rings (SSSR count). The molecule has 11 heteroatoms. The van der Waals surface area contributed by atoms with E-state index < -0.39 is 17.4 Å². The number of hydrogen-bond acceptors (Lipinski definition) is 6. The van der Waals surface area contributed by atoms with E-state index in [0.29, 0.717) is 35.4 Å². The van der Waals surface area contributed by atoms with Gasteiger partial charge in [-0.3, -0.25) is 30.0 Å². The largest absolute Gasteiger partial charge is 0.494 e. The summed E-state index contributed by atoms with van der Waals surface area (Å²) in [5.74, 6) is -1.59. The number of allylic oxidation sites excluding steroid dienone is 4. The third kappa shape index (κ3) is 4.07. The first-order valence-electron chi connectivity index (χ1n) is 7.80. The molecule has 8 nitrogen and oxygen atoms in total. The number of hydrogen-bond donors (Lipinski definition) is 5. The smallest absolute Gasteiger partial charge is 0.263 e. The summed E-state index contributed by atoms with van der Waals surface area (Å²) in [6, 6.07) is 0. The maximum Gasteiger partial charge on any atom is 0.263 e. The van der Waals surface area contributed by atoms with Gasteiger partial charge in [0.1, 0.15) is 11.1 Å². The second kappa shape index (κ2) is 7.59. The maximum absolute atomic E-state index is 12.0. The average molecular weight is 425 g/mol. The minimum absolute atomic E-state index is 0.00240. The first-order valence-corrected chi connectivity index (χ1v) is 8.99. The Morgan fingerprint density at radius 1 is 1.00 bits per heavy atom. The van der Waals surface area contributed by atoms with Gasteiger partial charge >= 0.3 is 0 Å². The van der Waals surface area contributed by atoms with Crippen molar-refractivity contribution in [2.75, 3.05) is 0 Å². The van der Waals surface area contributed by atoms with Crippen LogP contribution in [0.25, 0.3) is 6.08 Å². The van der Waals surface area contributed by atoms with Crippen molar-refractivity contribution in [1.82, 2.24) is 20.6 Å². The summed E-state index contributed by atoms with van der Waals surface area (Å²) in [7, 11) is 0. The lowest BCUT2D eigenvalue weighted by Gasteiger charge is -2.20. The lowest BCUT2D eigenvalue weighted by molar-refractivity contribution is -0.123. The highest BCUT2D eigenvalue weighted by Gasteiger charge is 2.27. The third-order valence-corrected chi connectivity index (χ3v) is 4.89. The highest BCUT2D eigenvalue weighted by Crippen LogP contribution is 2.35. The van der Waals surface area contributed by atoms with Crippen molar-refractivity contribution in [3.63, 3.8) is 0 Å². The maximum atomic E-state index is 12.0. The Balaban J connectivity index is 2.04. The molecule has 0 aromatic carbocycles. The number of halogens is 1. The summed E-state index contributed by atoms with van der Waals surface area (Å²) in [6.07, 6.45) is 4.65. The fraction of sp³-hybridized carbons (Fsp3) is 0.188. The van der Waals surface area contributed by atoms with Gasteiger partial charge in [-0.1, -0.05) is 11.6 Å². The molecule has 2 aliphatic rings. The highest BCUT2D eigenvalue weighted by molar-refractivity contribution is 7.80. The van der Waals surface area contributed by atoms with Crippen molar-refractivity contribution in [3.05, 3.63) is 48.5 Å². The van der Waals surface area contributed by atoms with Gasteiger partial charge in [-0.15, -0.1) is 0 Å². The van der Waals surface area contributed by atoms with Crippen LogP contribution in [0.5, 0.6) is 5.88 Å². The van der Waals surface area contributed by atoms with Crippen LogP contribution in [0, 0.1) is 4.77 Å². The predicted octanol–water partition coefficient (Wildman–Crippen LogP) is 1.66. The molecule has 140 valence electrons. The SMILES string of the molecule is O=C1NC(=S)NC(=O)C1=CC1=C(Cl)/C(=C/c2c(O)[nH]c(=S)[nH]c2=O)CCC1. The van der Waals surface area contributed by atoms with Crippen LogP contribution in [0.1, 0.15) is 24.8 Å². The standard InChI is InChI=1S/C16H13ClN4O4S2/c17-10-6(4-8-11(22)18-15(26)19-12(8)23)2-1-3-7(10)5-9-13(24)20-16(27)21-14(9)25/h4-5H,1-3H2,(H2,18,19,22,23,26)(H3,20,21,24,25,27)/b7-5+. The van der Waals surface area contributed by atoms with Crippen molar-refractivity contribution >= 4 is 59.0 Å². The van der Waals surface area contributed by atoms with E-state index in [1.165, 1.54) is 12.2 Å². The second-order valence-corrected chi connectivity index (χ2v) is 7.02. The van der Waals surface area contributed by atoms with Gasteiger partial charge in [-0.25, -0.2) is 0 Å². The zero-order valence-electron chi connectivity index (χ0n) is 13.6. The van der Waals surface area contributed by atoms with Gasteiger partial charge < -0.3 is 10.1 Å². The molecule has 0 atom stereocenters. The van der Waals surface area contributed by atoms with Gasteiger partial charge in [0.15, 0.2) is 9.88 Å². The molecule has 0 unspecified atom stereocenters. The van der Waals surface area contributed by atoms with Crippen molar-refractivity contribution in [1.29, 1.82) is 0 Å². The Morgan fingerprint density at radius 3 is 2.30 bits per heavy atom. The lowest BCUT2D eigenvalue weighted by Crippen LogP contribution is -2.51. The number of amides is 2. The van der Waals surface area contributed by atoms with E-state index in [0.717, 1.165) is 0 Å². The topological polar surface area (TPSA) is 127 Å². The second-order valence-electron chi connectivity index (χ2n) is 5.83. The van der Waals surface area contributed by atoms with Gasteiger partial charge in [0.25, 0.3) is 17.4 Å². The number of thiocarbonyl (C=S) groups is 1. The van der Waals surface area contributed by atoms with E-state index in [2.05, 4.69) is 20.6 Å². The van der Waals surface area contributed by atoms with Gasteiger partial charge in [0.05, 0.1) is 0 Å². The molecule has 27 heavy (non-hydrogen) atoms. The van der Waals surface area contributed by atoms with Crippen LogP contribution in [0.15, 0.2) is 32.6 Å². The quantitative estimate of drug-likeness (QED) is 0.279. The molecular formula is C16H13ClN4O4S2. The van der Waals surface area contributed by atoms with Gasteiger partial charge in [0.2, 0.25) is 5.88 Å². The lowest BCUT2D eigenvalue weighted by atomic mass is 9.92. The van der Waals surface area contributed by atoms with Gasteiger partial charge in [-0.05, 0) is 67.0 Å². The summed E-state index contributed by atoms with van der Waals surface area (Å²) in [4.78, 5) is 40.8. The molecule has 1 aromatic rings. The van der Waals surface area contributed by atoms with Crippen molar-refractivity contribution in [2.45, 2.75) is 19.3 Å². The summed E-state index contributed by atoms with van der Waals surface area (Å²) >= 11 is 16.0. The van der Waals surface area contributed by atoms with Crippen molar-refractivity contribution < 1.29 is 14.7 Å². The monoisotopic (exact) mass is 424 g/mol. The predicted molar refractivity (Wildman–Crippen MR) is 106 cm³/mol. The summed E-state index contributed by atoms with van der Waals surface area (Å²) < 4.78 is 0.00240. The van der Waals surface area contributed by atoms with Gasteiger partial charge in [0, 0.05) is 5.03 Å². The number of H-pyrrole nitrogens is 2. The summed E-state index contributed by atoms with van der Waals surface area (Å²) in [6.45, 7) is 0. The number of carbonyl (C=O) groups excluding carboxylic acids is 2. The molecule has 0 spiro atoms. The molecule has 0 bridgehead atoms. The number of aromatic hydroxyl groups is 1. The Morgan fingerprint density at radius 2 is 1.67 bits per heavy atom. The first kappa shape index (κ1) is 19.2. The van der Waals surface area contributed by atoms with E-state index in [1.807, 2.05) is 0 Å². The molecule has 0 radical (unpaired) electrons. The van der Waals surface area contributed by atoms with Gasteiger partial charge in [-0.2, -0.15) is 0 Å². The van der Waals surface area contributed by atoms with Crippen LogP contribution in [0.3, 0.4) is 0 Å². The van der Waals surface area contributed by atoms with E-state index in [1.54, 1.807) is 0 Å². The van der Waals surface area contributed by atoms with Crippen LogP contribution in [0.2, 0.25) is 0 Å². The number of rotatable bonds is 2. The average Bonchev–Trinajstić information content (AvgIpc) is 2.56. The molecule has 1 aliphatic heterocycles. The normalized spacial score (nSPS) is 19.2. The zero-order chi connectivity index (χ0) is 19.7. The number of aromatic amines is 2. The molecule has 1 aliphatic carbocycles. The molecule has 0 saturated carbocycles. The fourth-order valence-corrected chi connectivity index (χ4v) is 3.41. The molecule has 1 saturated heterocycles. The minimum Gasteiger partial charge on any atom is -0.494 e. The van der Waals surface area contributed by atoms with E-state index in [4.69, 9.17) is 36.0 Å². The van der Waals surface area contributed by atoms with Crippen molar-refractivity contribution in [3.8, 4) is 5.88 Å². The van der Waals surface area contributed by atoms with E-state index >= 15 is 0 Å². The van der Waals surface area contributed by atoms with Crippen LogP contribution in [0.4, 0.5) is 0 Å². The Hall–Kier alpha value is -2.56. The Kier molecular flexibility index (Phi) is 5.40. The van der Waals surface area contributed by atoms with Crippen LogP contribution in [-0.2, 0) is 9.59 Å².